The van der Waals surface area contributed by atoms with Gasteiger partial charge >= 0.3 is 6.18 Å². The summed E-state index contributed by atoms with van der Waals surface area (Å²) in [6, 6.07) is 13.5. The average Bonchev–Trinajstić information content (AvgIpc) is 2.68. The first-order valence-corrected chi connectivity index (χ1v) is 8.15. The Hall–Kier alpha value is -3.68. The molecule has 0 saturated heterocycles. The number of alkyl halides is 3. The van der Waals surface area contributed by atoms with Crippen LogP contribution in [0.25, 0.3) is 27.6 Å². The van der Waals surface area contributed by atoms with Crippen molar-refractivity contribution in [3.8, 4) is 11.1 Å². The van der Waals surface area contributed by atoms with Crippen molar-refractivity contribution >= 4 is 34.1 Å². The van der Waals surface area contributed by atoms with E-state index < -0.39 is 17.5 Å². The van der Waals surface area contributed by atoms with Crippen molar-refractivity contribution in [3.05, 3.63) is 66.0 Å². The lowest BCUT2D eigenvalue weighted by Crippen LogP contribution is -2.24. The topological polar surface area (TPSA) is 113 Å². The van der Waals surface area contributed by atoms with Gasteiger partial charge in [0.25, 0.3) is 0 Å². The molecular weight excluding hydrogens is 367 g/mol. The number of rotatable bonds is 4. The van der Waals surface area contributed by atoms with Gasteiger partial charge in [0.15, 0.2) is 0 Å². The molecule has 3 aromatic rings. The van der Waals surface area contributed by atoms with Crippen LogP contribution >= 0.6 is 0 Å². The number of aromatic nitrogens is 1. The molecule has 1 aromatic heterocycles. The van der Waals surface area contributed by atoms with Crippen LogP contribution < -0.4 is 11.5 Å². The van der Waals surface area contributed by atoms with Crippen molar-refractivity contribution in [2.24, 2.45) is 5.73 Å². The lowest BCUT2D eigenvalue weighted by Gasteiger charge is -2.16. The summed E-state index contributed by atoms with van der Waals surface area (Å²) < 4.78 is 39.3. The number of benzene rings is 2. The molecule has 2 aromatic carbocycles. The smallest absolute Gasteiger partial charge is 0.404 e. The molecule has 1 heterocycles. The van der Waals surface area contributed by atoms with E-state index >= 15 is 0 Å². The quantitative estimate of drug-likeness (QED) is 0.396. The molecule has 3 rings (SSSR count). The Morgan fingerprint density at radius 2 is 1.75 bits per heavy atom. The van der Waals surface area contributed by atoms with E-state index in [2.05, 4.69) is 4.98 Å². The fourth-order valence-corrected chi connectivity index (χ4v) is 2.96. The molecule has 0 fully saturated rings. The molecule has 0 unspecified atom stereocenters. The second-order valence-corrected chi connectivity index (χ2v) is 5.98. The Morgan fingerprint density at radius 1 is 1.07 bits per heavy atom. The van der Waals surface area contributed by atoms with Gasteiger partial charge in [-0.15, -0.1) is 0 Å². The number of nitrogens with two attached hydrogens (primary N) is 2. The number of fused-ring (bicyclic) bond motifs is 1. The molecular formula is C20H16F3N5. The highest BCUT2D eigenvalue weighted by Crippen LogP contribution is 2.35. The Labute approximate surface area is 158 Å². The van der Waals surface area contributed by atoms with E-state index in [9.17, 15) is 13.2 Å². The van der Waals surface area contributed by atoms with Gasteiger partial charge in [0.05, 0.1) is 11.2 Å². The minimum Gasteiger partial charge on any atom is -0.404 e. The van der Waals surface area contributed by atoms with Gasteiger partial charge in [0.2, 0.25) is 0 Å². The largest absolute Gasteiger partial charge is 0.433 e. The van der Waals surface area contributed by atoms with Gasteiger partial charge in [0.1, 0.15) is 5.71 Å². The Morgan fingerprint density at radius 3 is 2.32 bits per heavy atom. The summed E-state index contributed by atoms with van der Waals surface area (Å²) in [5.74, 6) is 0. The lowest BCUT2D eigenvalue weighted by molar-refractivity contribution is -0.0578. The number of halogens is 3. The first-order chi connectivity index (χ1) is 13.3. The van der Waals surface area contributed by atoms with Crippen LogP contribution in [0.4, 0.5) is 18.9 Å². The molecule has 0 bridgehead atoms. The van der Waals surface area contributed by atoms with E-state index in [1.807, 2.05) is 6.07 Å². The minimum atomic E-state index is -4.87. The monoisotopic (exact) mass is 383 g/mol. The zero-order chi connectivity index (χ0) is 20.5. The van der Waals surface area contributed by atoms with Crippen LogP contribution in [0.2, 0.25) is 0 Å². The molecule has 8 heteroatoms. The molecule has 0 saturated carbocycles. The van der Waals surface area contributed by atoms with Crippen molar-refractivity contribution in [3.63, 3.8) is 0 Å². The highest BCUT2D eigenvalue weighted by atomic mass is 19.4. The van der Waals surface area contributed by atoms with E-state index in [1.165, 1.54) is 12.1 Å². The van der Waals surface area contributed by atoms with Gasteiger partial charge in [-0.3, -0.25) is 5.41 Å². The highest BCUT2D eigenvalue weighted by Gasteiger charge is 2.37. The number of hydrogen-bond donors (Lipinski definition) is 4. The van der Waals surface area contributed by atoms with Crippen LogP contribution in [0.1, 0.15) is 11.3 Å². The third-order valence-electron chi connectivity index (χ3n) is 4.27. The zero-order valence-electron chi connectivity index (χ0n) is 14.5. The van der Waals surface area contributed by atoms with Gasteiger partial charge in [0, 0.05) is 34.6 Å². The van der Waals surface area contributed by atoms with E-state index in [0.717, 1.165) is 12.4 Å². The van der Waals surface area contributed by atoms with Gasteiger partial charge in [-0.2, -0.15) is 13.2 Å². The van der Waals surface area contributed by atoms with Gasteiger partial charge in [-0.25, -0.2) is 4.98 Å². The lowest BCUT2D eigenvalue weighted by atomic mass is 9.94. The van der Waals surface area contributed by atoms with E-state index in [0.29, 0.717) is 33.3 Å². The number of allylic oxidation sites excluding steroid dienone is 1. The SMILES string of the molecule is N=Cc1c(N)ccc2nc(/C(=C/N)C(=N)C(F)(F)F)cc(-c3ccccc3)c12. The summed E-state index contributed by atoms with van der Waals surface area (Å²) in [5, 5.41) is 15.7. The van der Waals surface area contributed by atoms with Crippen LogP contribution in [-0.2, 0) is 0 Å². The number of nitrogens with zero attached hydrogens (tertiary/aromatic N) is 1. The Bertz CT molecular complexity index is 1100. The van der Waals surface area contributed by atoms with Gasteiger partial charge in [-0.1, -0.05) is 30.3 Å². The number of anilines is 1. The molecule has 0 amide bonds. The normalized spacial score (nSPS) is 12.2. The van der Waals surface area contributed by atoms with Crippen molar-refractivity contribution in [2.45, 2.75) is 6.18 Å². The second-order valence-electron chi connectivity index (χ2n) is 5.98. The Kier molecular flexibility index (Phi) is 4.87. The van der Waals surface area contributed by atoms with Gasteiger partial charge < -0.3 is 16.9 Å². The van der Waals surface area contributed by atoms with Crippen LogP contribution in [0.15, 0.2) is 54.7 Å². The molecule has 142 valence electrons. The standard InChI is InChI=1S/C20H16F3N5/c21-20(22,23)19(27)14(10-25)17-8-12(11-4-2-1-3-5-11)18-13(9-24)15(26)6-7-16(18)28-17/h1-10,24,27H,25-26H2/b14-10-,24-9?,27-19?. The number of nitrogens with one attached hydrogen (secondary N) is 2. The predicted molar refractivity (Wildman–Crippen MR) is 105 cm³/mol. The summed E-state index contributed by atoms with van der Waals surface area (Å²) in [6.07, 6.45) is -3.05. The summed E-state index contributed by atoms with van der Waals surface area (Å²) in [6.45, 7) is 0. The minimum absolute atomic E-state index is 0.0862. The van der Waals surface area contributed by atoms with Crippen molar-refractivity contribution in [2.75, 3.05) is 5.73 Å². The van der Waals surface area contributed by atoms with Crippen LogP contribution in [0.3, 0.4) is 0 Å². The molecule has 6 N–H and O–H groups in total. The molecule has 28 heavy (non-hydrogen) atoms. The molecule has 0 aliphatic heterocycles. The fraction of sp³-hybridized carbons (Fsp3) is 0.0500. The molecule has 0 radical (unpaired) electrons. The molecule has 0 aliphatic rings. The van der Waals surface area contributed by atoms with Crippen molar-refractivity contribution in [1.29, 1.82) is 10.8 Å². The molecule has 0 spiro atoms. The number of pyridine rings is 1. The van der Waals surface area contributed by atoms with Gasteiger partial charge in [-0.05, 0) is 29.3 Å². The first kappa shape index (κ1) is 19.1. The maximum atomic E-state index is 13.1. The fourth-order valence-electron chi connectivity index (χ4n) is 2.96. The molecule has 0 atom stereocenters. The van der Waals surface area contributed by atoms with Crippen molar-refractivity contribution < 1.29 is 13.2 Å². The summed E-state index contributed by atoms with van der Waals surface area (Å²) >= 11 is 0. The third kappa shape index (κ3) is 3.32. The zero-order valence-corrected chi connectivity index (χ0v) is 14.5. The first-order valence-electron chi connectivity index (χ1n) is 8.15. The Balaban J connectivity index is 2.39. The average molecular weight is 383 g/mol. The number of nitrogen functional groups attached to an aromatic ring is 1. The molecule has 5 nitrogen and oxygen atoms in total. The maximum absolute atomic E-state index is 13.1. The summed E-state index contributed by atoms with van der Waals surface area (Å²) in [5.41, 5.74) is 11.6. The highest BCUT2D eigenvalue weighted by molar-refractivity contribution is 6.25. The third-order valence-corrected chi connectivity index (χ3v) is 4.27. The number of hydrogen-bond acceptors (Lipinski definition) is 5. The van der Waals surface area contributed by atoms with Crippen LogP contribution in [-0.4, -0.2) is 23.1 Å². The predicted octanol–water partition coefficient (Wildman–Crippen LogP) is 4.36. The van der Waals surface area contributed by atoms with Crippen LogP contribution in [0, 0.1) is 10.8 Å². The van der Waals surface area contributed by atoms with Crippen molar-refractivity contribution in [1.82, 2.24) is 4.98 Å². The maximum Gasteiger partial charge on any atom is 0.433 e. The van der Waals surface area contributed by atoms with E-state index in [4.69, 9.17) is 22.3 Å². The van der Waals surface area contributed by atoms with Crippen LogP contribution in [0.5, 0.6) is 0 Å². The second kappa shape index (κ2) is 7.15. The molecule has 0 aliphatic carbocycles. The summed E-state index contributed by atoms with van der Waals surface area (Å²) in [4.78, 5) is 4.27. The summed E-state index contributed by atoms with van der Waals surface area (Å²) in [7, 11) is 0. The van der Waals surface area contributed by atoms with E-state index in [1.54, 1.807) is 30.3 Å². The van der Waals surface area contributed by atoms with E-state index in [-0.39, 0.29) is 5.69 Å².